The van der Waals surface area contributed by atoms with E-state index in [1.165, 1.54) is 78.5 Å². The van der Waals surface area contributed by atoms with Crippen LogP contribution in [0.3, 0.4) is 0 Å². The molecule has 35 heavy (non-hydrogen) atoms. The van der Waals surface area contributed by atoms with Crippen molar-refractivity contribution < 1.29 is 0 Å². The van der Waals surface area contributed by atoms with Gasteiger partial charge in [0.2, 0.25) is 0 Å². The summed E-state index contributed by atoms with van der Waals surface area (Å²) in [6.45, 7) is 10.6. The third-order valence-corrected chi connectivity index (χ3v) is 9.46. The van der Waals surface area contributed by atoms with E-state index >= 15 is 0 Å². The van der Waals surface area contributed by atoms with E-state index in [1.807, 2.05) is 0 Å². The summed E-state index contributed by atoms with van der Waals surface area (Å²) < 4.78 is 0. The molecule has 0 unspecified atom stereocenters. The highest BCUT2D eigenvalue weighted by atomic mass is 32.2. The zero-order valence-corrected chi connectivity index (χ0v) is 23.3. The standard InChI is InChI=1S/C22H24B.C11H23S/c1-2-3-19-23(20-13-7-4-8-14-20,21-15-9-5-10-16-21)22-17-11-6-12-18-22;1-4-7-10-12(9-6-3)11-8-5-2/h4-18H,2-3,19H2,1H3;6H,3-5,7-11H2,1-2H3/q-1;+1. The SMILES string of the molecule is C=CC[S+](CCCC)CCCC.CCCC[B-](c1ccccc1)(c1ccccc1)c1ccccc1. The maximum Gasteiger partial charge on any atom is 0.126 e. The molecule has 0 heterocycles. The fourth-order valence-electron chi connectivity index (χ4n) is 5.06. The lowest BCUT2D eigenvalue weighted by Crippen LogP contribution is -2.66. The van der Waals surface area contributed by atoms with Crippen LogP contribution in [0.4, 0.5) is 0 Å². The molecule has 0 spiro atoms. The molecule has 0 N–H and O–H groups in total. The van der Waals surface area contributed by atoms with E-state index in [4.69, 9.17) is 0 Å². The molecule has 188 valence electrons. The molecule has 0 aromatic heterocycles. The summed E-state index contributed by atoms with van der Waals surface area (Å²) in [5, 5.41) is 0. The van der Waals surface area contributed by atoms with E-state index in [-0.39, 0.29) is 0 Å². The van der Waals surface area contributed by atoms with Crippen LogP contribution in [0.25, 0.3) is 0 Å². The largest absolute Gasteiger partial charge is 0.200 e. The van der Waals surface area contributed by atoms with Crippen LogP contribution in [0, 0.1) is 0 Å². The maximum atomic E-state index is 3.82. The predicted octanol–water partition coefficient (Wildman–Crippen LogP) is 7.35. The normalized spacial score (nSPS) is 11.1. The van der Waals surface area contributed by atoms with Crippen LogP contribution in [0.2, 0.25) is 6.32 Å². The molecule has 0 amide bonds. The van der Waals surface area contributed by atoms with Gasteiger partial charge in [-0.3, -0.25) is 0 Å². The third-order valence-electron chi connectivity index (χ3n) is 7.02. The Morgan fingerprint density at radius 3 is 1.29 bits per heavy atom. The zero-order chi connectivity index (χ0) is 25.2. The zero-order valence-electron chi connectivity index (χ0n) is 22.5. The molecule has 3 aromatic carbocycles. The van der Waals surface area contributed by atoms with E-state index in [1.54, 1.807) is 0 Å². The molecular weight excluding hydrogens is 439 g/mol. The Morgan fingerprint density at radius 1 is 0.600 bits per heavy atom. The summed E-state index contributed by atoms with van der Waals surface area (Å²) in [6, 6.07) is 33.2. The van der Waals surface area contributed by atoms with E-state index in [0.717, 1.165) is 0 Å². The molecule has 2 heteroatoms. The Kier molecular flexibility index (Phi) is 14.3. The highest BCUT2D eigenvalue weighted by Gasteiger charge is 2.28. The van der Waals surface area contributed by atoms with Gasteiger partial charge in [-0.05, 0) is 29.8 Å². The number of hydrogen-bond donors (Lipinski definition) is 0. The molecule has 0 saturated heterocycles. The van der Waals surface area contributed by atoms with Gasteiger partial charge in [-0.1, -0.05) is 144 Å². The Bertz CT molecular complexity index is 803. The van der Waals surface area contributed by atoms with Crippen molar-refractivity contribution in [3.8, 4) is 0 Å². The highest BCUT2D eigenvalue weighted by Crippen LogP contribution is 2.16. The number of benzene rings is 3. The van der Waals surface area contributed by atoms with E-state index in [0.29, 0.717) is 10.9 Å². The molecule has 0 saturated carbocycles. The quantitative estimate of drug-likeness (QED) is 0.127. The summed E-state index contributed by atoms with van der Waals surface area (Å²) in [6.07, 6.45) is 10.3. The van der Waals surface area contributed by atoms with Crippen molar-refractivity contribution in [3.05, 3.63) is 104 Å². The van der Waals surface area contributed by atoms with Gasteiger partial charge in [0, 0.05) is 0 Å². The summed E-state index contributed by atoms with van der Waals surface area (Å²) in [5.74, 6) is 4.12. The number of unbranched alkanes of at least 4 members (excludes halogenated alkanes) is 3. The van der Waals surface area contributed by atoms with Crippen molar-refractivity contribution in [3.63, 3.8) is 0 Å². The Labute approximate surface area is 219 Å². The van der Waals surface area contributed by atoms with Gasteiger partial charge in [0.15, 0.2) is 0 Å². The Balaban J connectivity index is 0.000000307. The van der Waals surface area contributed by atoms with Gasteiger partial charge >= 0.3 is 0 Å². The lowest BCUT2D eigenvalue weighted by molar-refractivity contribution is 0.872. The molecule has 0 atom stereocenters. The van der Waals surface area contributed by atoms with Crippen LogP contribution >= 0.6 is 0 Å². The van der Waals surface area contributed by atoms with Crippen molar-refractivity contribution in [2.75, 3.05) is 17.3 Å². The molecule has 0 radical (unpaired) electrons. The van der Waals surface area contributed by atoms with Gasteiger partial charge in [-0.2, -0.15) is 22.7 Å². The lowest BCUT2D eigenvalue weighted by atomic mass is 9.14. The molecule has 0 aliphatic rings. The van der Waals surface area contributed by atoms with E-state index in [2.05, 4.69) is 124 Å². The average molecular weight is 487 g/mol. The second kappa shape index (κ2) is 17.3. The first-order valence-corrected chi connectivity index (χ1v) is 15.5. The molecular formula is C33H47BS. The third kappa shape index (κ3) is 9.08. The van der Waals surface area contributed by atoms with Crippen LogP contribution in [-0.4, -0.2) is 23.4 Å². The smallest absolute Gasteiger partial charge is 0.126 e. The van der Waals surface area contributed by atoms with Gasteiger partial charge < -0.3 is 0 Å². The van der Waals surface area contributed by atoms with Crippen molar-refractivity contribution in [1.82, 2.24) is 0 Å². The molecule has 0 bridgehead atoms. The average Bonchev–Trinajstić information content (AvgIpc) is 2.93. The van der Waals surface area contributed by atoms with Crippen LogP contribution < -0.4 is 16.4 Å². The first kappa shape index (κ1) is 29.0. The fraction of sp³-hybridized carbons (Fsp3) is 0.394. The predicted molar refractivity (Wildman–Crippen MR) is 166 cm³/mol. The molecule has 0 aliphatic carbocycles. The first-order valence-electron chi connectivity index (χ1n) is 13.8. The molecule has 3 rings (SSSR count). The van der Waals surface area contributed by atoms with Gasteiger partial charge in [-0.15, -0.1) is 0 Å². The highest BCUT2D eigenvalue weighted by molar-refractivity contribution is 7.96. The van der Waals surface area contributed by atoms with Gasteiger partial charge in [0.05, 0.1) is 6.15 Å². The Hall–Kier alpha value is -2.19. The van der Waals surface area contributed by atoms with Gasteiger partial charge in [-0.25, -0.2) is 0 Å². The summed E-state index contributed by atoms with van der Waals surface area (Å²) in [4.78, 5) is 0. The molecule has 0 fully saturated rings. The van der Waals surface area contributed by atoms with Gasteiger partial charge in [0.25, 0.3) is 0 Å². The van der Waals surface area contributed by atoms with E-state index in [9.17, 15) is 0 Å². The fourth-order valence-corrected chi connectivity index (χ4v) is 7.33. The minimum absolute atomic E-state index is 0.658. The molecule has 0 aliphatic heterocycles. The second-order valence-corrected chi connectivity index (χ2v) is 12.0. The van der Waals surface area contributed by atoms with Crippen LogP contribution in [0.1, 0.15) is 59.3 Å². The lowest BCUT2D eigenvalue weighted by Gasteiger charge is -2.43. The summed E-state index contributed by atoms with van der Waals surface area (Å²) in [7, 11) is 0.658. The van der Waals surface area contributed by atoms with Crippen molar-refractivity contribution in [2.24, 2.45) is 0 Å². The monoisotopic (exact) mass is 486 g/mol. The maximum absolute atomic E-state index is 3.82. The second-order valence-electron chi connectivity index (χ2n) is 9.60. The Morgan fingerprint density at radius 2 is 0.971 bits per heavy atom. The number of hydrogen-bond acceptors (Lipinski definition) is 0. The van der Waals surface area contributed by atoms with E-state index < -0.39 is 6.15 Å². The van der Waals surface area contributed by atoms with Crippen LogP contribution in [0.5, 0.6) is 0 Å². The molecule has 3 aromatic rings. The topological polar surface area (TPSA) is 0 Å². The number of rotatable bonds is 14. The van der Waals surface area contributed by atoms with Crippen LogP contribution in [0.15, 0.2) is 104 Å². The van der Waals surface area contributed by atoms with Crippen LogP contribution in [-0.2, 0) is 10.9 Å². The minimum Gasteiger partial charge on any atom is -0.200 e. The molecule has 0 nitrogen and oxygen atoms in total. The van der Waals surface area contributed by atoms with Crippen molar-refractivity contribution >= 4 is 33.4 Å². The summed E-state index contributed by atoms with van der Waals surface area (Å²) in [5.41, 5.74) is 4.33. The van der Waals surface area contributed by atoms with Gasteiger partial charge in [0.1, 0.15) is 17.3 Å². The first-order chi connectivity index (χ1) is 17.2. The summed E-state index contributed by atoms with van der Waals surface area (Å²) >= 11 is 0. The van der Waals surface area contributed by atoms with Crippen molar-refractivity contribution in [2.45, 2.75) is 65.6 Å². The minimum atomic E-state index is -0.913. The van der Waals surface area contributed by atoms with Crippen molar-refractivity contribution in [1.29, 1.82) is 0 Å².